The van der Waals surface area contributed by atoms with Crippen molar-refractivity contribution in [2.45, 2.75) is 32.1 Å². The summed E-state index contributed by atoms with van der Waals surface area (Å²) in [7, 11) is 2.01. The predicted molar refractivity (Wildman–Crippen MR) is 124 cm³/mol. The summed E-state index contributed by atoms with van der Waals surface area (Å²) in [5.74, 6) is 1.08. The van der Waals surface area contributed by atoms with Crippen molar-refractivity contribution in [3.8, 4) is 0 Å². The number of amides is 2. The van der Waals surface area contributed by atoms with Crippen LogP contribution < -0.4 is 15.1 Å². The molecular weight excluding hydrogens is 426 g/mol. The van der Waals surface area contributed by atoms with Crippen LogP contribution in [0.5, 0.6) is 0 Å². The number of carbonyl (C=O) groups is 2. The molecular formula is C22H27N7O2S. The molecule has 2 aromatic heterocycles. The first kappa shape index (κ1) is 20.9. The van der Waals surface area contributed by atoms with Gasteiger partial charge in [0.05, 0.1) is 17.0 Å². The molecule has 5 rings (SSSR count). The Labute approximate surface area is 190 Å². The molecule has 32 heavy (non-hydrogen) atoms. The van der Waals surface area contributed by atoms with Crippen LogP contribution >= 0.6 is 11.3 Å². The molecule has 2 aliphatic heterocycles. The van der Waals surface area contributed by atoms with Gasteiger partial charge in [-0.1, -0.05) is 23.5 Å². The van der Waals surface area contributed by atoms with Crippen LogP contribution in [0.4, 0.5) is 10.3 Å². The molecule has 0 aliphatic carbocycles. The molecule has 2 fully saturated rings. The molecule has 0 spiro atoms. The summed E-state index contributed by atoms with van der Waals surface area (Å²) in [5.41, 5.74) is 2.08. The van der Waals surface area contributed by atoms with Gasteiger partial charge in [-0.2, -0.15) is 0 Å². The molecule has 168 valence electrons. The van der Waals surface area contributed by atoms with Crippen LogP contribution in [0.1, 0.15) is 31.5 Å². The average Bonchev–Trinajstić information content (AvgIpc) is 3.53. The Hall–Kier alpha value is -3.01. The fraction of sp³-hybridized carbons (Fsp3) is 0.500. The zero-order chi connectivity index (χ0) is 22.1. The maximum Gasteiger partial charge on any atom is 0.228 e. The number of aryl methyl sites for hydroxylation is 1. The lowest BCUT2D eigenvalue weighted by atomic mass is 9.97. The third-order valence-corrected chi connectivity index (χ3v) is 7.31. The molecule has 1 N–H and O–H groups in total. The molecule has 1 atom stereocenters. The number of imidazole rings is 1. The quantitative estimate of drug-likeness (QED) is 0.614. The summed E-state index contributed by atoms with van der Waals surface area (Å²) in [4.78, 5) is 33.3. The van der Waals surface area contributed by atoms with Crippen molar-refractivity contribution in [2.75, 3.05) is 36.0 Å². The maximum atomic E-state index is 12.8. The first-order valence-corrected chi connectivity index (χ1v) is 12.0. The Balaban J connectivity index is 1.16. The second kappa shape index (κ2) is 8.85. The van der Waals surface area contributed by atoms with Gasteiger partial charge in [0.2, 0.25) is 22.1 Å². The number of nitrogens with zero attached hydrogens (tertiary/aromatic N) is 6. The van der Waals surface area contributed by atoms with Gasteiger partial charge >= 0.3 is 0 Å². The summed E-state index contributed by atoms with van der Waals surface area (Å²) in [6.07, 6.45) is 3.94. The van der Waals surface area contributed by atoms with Crippen LogP contribution in [0, 0.1) is 5.92 Å². The van der Waals surface area contributed by atoms with E-state index in [1.807, 2.05) is 25.2 Å². The van der Waals surface area contributed by atoms with Crippen molar-refractivity contribution in [1.29, 1.82) is 0 Å². The minimum Gasteiger partial charge on any atom is -0.355 e. The van der Waals surface area contributed by atoms with Crippen molar-refractivity contribution < 1.29 is 9.59 Å². The largest absolute Gasteiger partial charge is 0.355 e. The molecule has 2 saturated heterocycles. The number of rotatable bonds is 6. The van der Waals surface area contributed by atoms with Crippen molar-refractivity contribution in [3.63, 3.8) is 0 Å². The van der Waals surface area contributed by atoms with E-state index in [0.29, 0.717) is 37.6 Å². The molecule has 9 nitrogen and oxygen atoms in total. The fourth-order valence-electron chi connectivity index (χ4n) is 4.52. The summed E-state index contributed by atoms with van der Waals surface area (Å²) in [6.45, 7) is 2.75. The number of hydrogen-bond acceptors (Lipinski definition) is 7. The topological polar surface area (TPSA) is 96.3 Å². The second-order valence-corrected chi connectivity index (χ2v) is 9.35. The van der Waals surface area contributed by atoms with Crippen molar-refractivity contribution in [3.05, 3.63) is 30.1 Å². The van der Waals surface area contributed by atoms with Crippen molar-refractivity contribution in [2.24, 2.45) is 13.0 Å². The van der Waals surface area contributed by atoms with Crippen LogP contribution in [0.25, 0.3) is 11.0 Å². The lowest BCUT2D eigenvalue weighted by Gasteiger charge is -2.31. The first-order chi connectivity index (χ1) is 15.6. The molecule has 1 aromatic carbocycles. The van der Waals surface area contributed by atoms with Gasteiger partial charge in [0.25, 0.3) is 0 Å². The monoisotopic (exact) mass is 453 g/mol. The van der Waals surface area contributed by atoms with E-state index in [-0.39, 0.29) is 17.7 Å². The van der Waals surface area contributed by atoms with E-state index in [2.05, 4.69) is 36.0 Å². The second-order valence-electron chi connectivity index (χ2n) is 8.42. The third-order valence-electron chi connectivity index (χ3n) is 6.30. The highest BCUT2D eigenvalue weighted by molar-refractivity contribution is 7.19. The Morgan fingerprint density at radius 1 is 1.19 bits per heavy atom. The van der Waals surface area contributed by atoms with E-state index in [4.69, 9.17) is 0 Å². The van der Waals surface area contributed by atoms with E-state index >= 15 is 0 Å². The number of fused-ring (bicyclic) bond motifs is 1. The van der Waals surface area contributed by atoms with Crippen LogP contribution in [0.15, 0.2) is 24.3 Å². The van der Waals surface area contributed by atoms with E-state index in [0.717, 1.165) is 47.8 Å². The number of benzene rings is 1. The minimum atomic E-state index is -0.0787. The number of piperidine rings is 1. The lowest BCUT2D eigenvalue weighted by molar-refractivity contribution is -0.125. The first-order valence-electron chi connectivity index (χ1n) is 11.2. The number of carbonyl (C=O) groups excluding carboxylic acids is 2. The molecule has 4 heterocycles. The Morgan fingerprint density at radius 2 is 2.03 bits per heavy atom. The minimum absolute atomic E-state index is 0.0768. The molecule has 3 aromatic rings. The highest BCUT2D eigenvalue weighted by Crippen LogP contribution is 2.32. The predicted octanol–water partition coefficient (Wildman–Crippen LogP) is 2.13. The van der Waals surface area contributed by atoms with Crippen LogP contribution in [0.2, 0.25) is 0 Å². The summed E-state index contributed by atoms with van der Waals surface area (Å²) >= 11 is 1.44. The van der Waals surface area contributed by atoms with Gasteiger partial charge in [0.1, 0.15) is 5.82 Å². The highest BCUT2D eigenvalue weighted by Gasteiger charge is 2.30. The zero-order valence-electron chi connectivity index (χ0n) is 18.2. The molecule has 0 bridgehead atoms. The molecule has 0 radical (unpaired) electrons. The van der Waals surface area contributed by atoms with E-state index in [1.165, 1.54) is 11.3 Å². The smallest absolute Gasteiger partial charge is 0.228 e. The average molecular weight is 454 g/mol. The number of para-hydroxylation sites is 2. The zero-order valence-corrected chi connectivity index (χ0v) is 19.0. The summed E-state index contributed by atoms with van der Waals surface area (Å²) in [6, 6.07) is 8.06. The standard InChI is InChI=1S/C22H27N7O2S/c1-27-17-8-3-2-7-16(17)24-18(27)10-11-23-20(31)15-6-4-12-28(14-15)21-25-26-22(32-21)29-13-5-9-19(29)30/h2-3,7-8,15H,4-6,9-14H2,1H3,(H,23,31). The van der Waals surface area contributed by atoms with Gasteiger partial charge in [-0.05, 0) is 31.4 Å². The number of aromatic nitrogens is 4. The number of anilines is 2. The van der Waals surface area contributed by atoms with Gasteiger partial charge in [-0.25, -0.2) is 4.98 Å². The molecule has 10 heteroatoms. The van der Waals surface area contributed by atoms with Crippen LogP contribution in [-0.4, -0.2) is 57.7 Å². The van der Waals surface area contributed by atoms with Crippen molar-refractivity contribution in [1.82, 2.24) is 25.1 Å². The van der Waals surface area contributed by atoms with Gasteiger partial charge in [0, 0.05) is 46.1 Å². The SMILES string of the molecule is Cn1c(CCNC(=O)C2CCCN(c3nnc(N4CCCC4=O)s3)C2)nc2ccccc21. The normalized spacial score (nSPS) is 19.2. The molecule has 1 unspecified atom stereocenters. The maximum absolute atomic E-state index is 12.8. The Morgan fingerprint density at radius 3 is 2.84 bits per heavy atom. The van der Waals surface area contributed by atoms with Crippen molar-refractivity contribution >= 4 is 44.4 Å². The summed E-state index contributed by atoms with van der Waals surface area (Å²) < 4.78 is 2.09. The lowest BCUT2D eigenvalue weighted by Crippen LogP contribution is -2.43. The molecule has 2 aliphatic rings. The van der Waals surface area contributed by atoms with Gasteiger partial charge in [-0.15, -0.1) is 10.2 Å². The Kier molecular flexibility index (Phi) is 5.77. The van der Waals surface area contributed by atoms with E-state index in [9.17, 15) is 9.59 Å². The van der Waals surface area contributed by atoms with Gasteiger partial charge in [-0.3, -0.25) is 14.5 Å². The summed E-state index contributed by atoms with van der Waals surface area (Å²) in [5, 5.41) is 13.1. The highest BCUT2D eigenvalue weighted by atomic mass is 32.1. The fourth-order valence-corrected chi connectivity index (χ4v) is 5.45. The Bertz CT molecular complexity index is 1140. The van der Waals surface area contributed by atoms with E-state index < -0.39 is 0 Å². The molecule has 2 amide bonds. The molecule has 0 saturated carbocycles. The van der Waals surface area contributed by atoms with Gasteiger partial charge < -0.3 is 14.8 Å². The van der Waals surface area contributed by atoms with E-state index in [1.54, 1.807) is 4.90 Å². The number of hydrogen-bond donors (Lipinski definition) is 1. The van der Waals surface area contributed by atoms with Gasteiger partial charge in [0.15, 0.2) is 0 Å². The third kappa shape index (κ3) is 4.06. The van der Waals surface area contributed by atoms with Crippen LogP contribution in [-0.2, 0) is 23.1 Å². The number of nitrogens with one attached hydrogen (secondary N) is 1. The van der Waals surface area contributed by atoms with Crippen LogP contribution in [0.3, 0.4) is 0 Å².